The van der Waals surface area contributed by atoms with Crippen molar-refractivity contribution in [2.24, 2.45) is 5.92 Å². The van der Waals surface area contributed by atoms with Gasteiger partial charge in [0.2, 0.25) is 0 Å². The van der Waals surface area contributed by atoms with Crippen LogP contribution in [0.4, 0.5) is 9.18 Å². The highest BCUT2D eigenvalue weighted by Crippen LogP contribution is 2.32. The van der Waals surface area contributed by atoms with Gasteiger partial charge in [-0.2, -0.15) is 0 Å². The lowest BCUT2D eigenvalue weighted by molar-refractivity contribution is -0.147. The van der Waals surface area contributed by atoms with E-state index in [0.29, 0.717) is 0 Å². The third-order valence-electron chi connectivity index (χ3n) is 4.03. The molecule has 1 atom stereocenters. The van der Waals surface area contributed by atoms with Crippen molar-refractivity contribution in [1.29, 1.82) is 0 Å². The molecule has 0 bridgehead atoms. The number of benzene rings is 1. The van der Waals surface area contributed by atoms with Gasteiger partial charge in [0.05, 0.1) is 22.9 Å². The number of hydrogen-bond donors (Lipinski definition) is 1. The zero-order valence-electron chi connectivity index (χ0n) is 19.8. The van der Waals surface area contributed by atoms with Gasteiger partial charge in [0.1, 0.15) is 23.2 Å². The van der Waals surface area contributed by atoms with Crippen LogP contribution in [0, 0.1) is 15.3 Å². The van der Waals surface area contributed by atoms with Crippen molar-refractivity contribution in [1.82, 2.24) is 10.2 Å². The van der Waals surface area contributed by atoms with Crippen molar-refractivity contribution in [2.45, 2.75) is 52.7 Å². The molecule has 0 radical (unpaired) electrons. The lowest BCUT2D eigenvalue weighted by atomic mass is 10.0. The zero-order valence-corrected chi connectivity index (χ0v) is 22.0. The van der Waals surface area contributed by atoms with Crippen molar-refractivity contribution < 1.29 is 33.0 Å². The molecule has 0 saturated carbocycles. The number of halogens is 2. The maximum Gasteiger partial charge on any atom is 0.408 e. The molecule has 180 valence electrons. The van der Waals surface area contributed by atoms with Gasteiger partial charge in [-0.05, 0) is 55.3 Å². The summed E-state index contributed by atoms with van der Waals surface area (Å²) in [7, 11) is 4.43. The van der Waals surface area contributed by atoms with E-state index in [-0.39, 0.29) is 39.4 Å². The number of rotatable bonds is 8. The number of alkyl carbamates (subject to hydrolysis) is 1. The van der Waals surface area contributed by atoms with E-state index in [1.165, 1.54) is 18.1 Å². The van der Waals surface area contributed by atoms with Gasteiger partial charge >= 0.3 is 12.1 Å². The third kappa shape index (κ3) is 8.10. The van der Waals surface area contributed by atoms with Crippen molar-refractivity contribution in [3.05, 3.63) is 26.6 Å². The number of ether oxygens (including phenoxy) is 3. The van der Waals surface area contributed by atoms with Crippen LogP contribution in [0.5, 0.6) is 5.75 Å². The average Bonchev–Trinajstić information content (AvgIpc) is 2.65. The standard InChI is InChI=1S/C22H32FIN2O6/c1-12(2)11-31-20(28)15(25-21(29)32-22(3,4)5)10-13-9-14(23)17(24)16(18(13)30-8)19(27)26(6)7/h9,12,15H,10-11H2,1-8H3,(H,25,29). The molecule has 1 aromatic rings. The number of hydrogen-bond acceptors (Lipinski definition) is 6. The van der Waals surface area contributed by atoms with Crippen LogP contribution in [-0.2, 0) is 20.7 Å². The summed E-state index contributed by atoms with van der Waals surface area (Å²) in [4.78, 5) is 39.0. The molecule has 1 aromatic carbocycles. The monoisotopic (exact) mass is 566 g/mol. The predicted octanol–water partition coefficient (Wildman–Crippen LogP) is 3.78. The minimum absolute atomic E-state index is 0.0414. The summed E-state index contributed by atoms with van der Waals surface area (Å²) in [6.07, 6.45) is -0.987. The molecule has 0 aliphatic heterocycles. The van der Waals surface area contributed by atoms with Crippen LogP contribution < -0.4 is 10.1 Å². The average molecular weight is 566 g/mol. The summed E-state index contributed by atoms with van der Waals surface area (Å²) in [5.41, 5.74) is -0.508. The highest BCUT2D eigenvalue weighted by molar-refractivity contribution is 14.1. The lowest BCUT2D eigenvalue weighted by Crippen LogP contribution is -2.45. The zero-order chi connectivity index (χ0) is 24.8. The number of carbonyl (C=O) groups excluding carboxylic acids is 3. The van der Waals surface area contributed by atoms with Gasteiger partial charge in [-0.25, -0.2) is 14.0 Å². The molecule has 0 spiro atoms. The molecule has 0 heterocycles. The molecular weight excluding hydrogens is 534 g/mol. The Bertz CT molecular complexity index is 852. The van der Waals surface area contributed by atoms with Gasteiger partial charge in [-0.3, -0.25) is 4.79 Å². The van der Waals surface area contributed by atoms with Crippen molar-refractivity contribution >= 4 is 40.6 Å². The SMILES string of the molecule is COc1c(CC(NC(=O)OC(C)(C)C)C(=O)OCC(C)C)cc(F)c(I)c1C(=O)N(C)C. The molecule has 1 unspecified atom stereocenters. The normalized spacial score (nSPS) is 12.2. The van der Waals surface area contributed by atoms with Crippen LogP contribution in [-0.4, -0.2) is 62.3 Å². The van der Waals surface area contributed by atoms with Crippen molar-refractivity contribution in [3.63, 3.8) is 0 Å². The number of amides is 2. The molecule has 8 nitrogen and oxygen atoms in total. The second-order valence-electron chi connectivity index (χ2n) is 8.87. The minimum atomic E-state index is -1.18. The van der Waals surface area contributed by atoms with E-state index < -0.39 is 35.4 Å². The first-order chi connectivity index (χ1) is 14.7. The summed E-state index contributed by atoms with van der Waals surface area (Å²) < 4.78 is 30.8. The largest absolute Gasteiger partial charge is 0.496 e. The van der Waals surface area contributed by atoms with Gasteiger partial charge in [-0.1, -0.05) is 13.8 Å². The van der Waals surface area contributed by atoms with Crippen LogP contribution >= 0.6 is 22.6 Å². The summed E-state index contributed by atoms with van der Waals surface area (Å²) >= 11 is 1.74. The summed E-state index contributed by atoms with van der Waals surface area (Å²) in [6, 6.07) is 0.00582. The Kier molecular flexibility index (Phi) is 10.2. The van der Waals surface area contributed by atoms with E-state index in [1.54, 1.807) is 57.5 Å². The van der Waals surface area contributed by atoms with Crippen LogP contribution in [0.1, 0.15) is 50.5 Å². The first-order valence-electron chi connectivity index (χ1n) is 10.1. The maximum absolute atomic E-state index is 14.7. The molecule has 2 amide bonds. The molecule has 0 fully saturated rings. The molecule has 0 saturated heterocycles. The highest BCUT2D eigenvalue weighted by Gasteiger charge is 2.30. The molecule has 32 heavy (non-hydrogen) atoms. The van der Waals surface area contributed by atoms with E-state index in [2.05, 4.69) is 5.32 Å². The minimum Gasteiger partial charge on any atom is -0.496 e. The molecule has 0 aliphatic carbocycles. The van der Waals surface area contributed by atoms with E-state index in [4.69, 9.17) is 14.2 Å². The molecule has 1 rings (SSSR count). The van der Waals surface area contributed by atoms with E-state index in [1.807, 2.05) is 13.8 Å². The fourth-order valence-corrected chi connectivity index (χ4v) is 3.30. The fourth-order valence-electron chi connectivity index (χ4n) is 2.67. The van der Waals surface area contributed by atoms with Gasteiger partial charge in [0, 0.05) is 26.1 Å². The lowest BCUT2D eigenvalue weighted by Gasteiger charge is -2.24. The molecular formula is C22H32FIN2O6. The third-order valence-corrected chi connectivity index (χ3v) is 5.09. The van der Waals surface area contributed by atoms with E-state index >= 15 is 0 Å². The van der Waals surface area contributed by atoms with Gasteiger partial charge < -0.3 is 24.4 Å². The molecule has 0 aliphatic rings. The van der Waals surface area contributed by atoms with E-state index in [9.17, 15) is 18.8 Å². The molecule has 0 aromatic heterocycles. The summed E-state index contributed by atoms with van der Waals surface area (Å²) in [6.45, 7) is 8.97. The van der Waals surface area contributed by atoms with Crippen LogP contribution in [0.15, 0.2) is 6.07 Å². The fraction of sp³-hybridized carbons (Fsp3) is 0.591. The molecule has 1 N–H and O–H groups in total. The van der Waals surface area contributed by atoms with Crippen LogP contribution in [0.2, 0.25) is 0 Å². The Morgan fingerprint density at radius 1 is 1.22 bits per heavy atom. The number of carbonyl (C=O) groups is 3. The Labute approximate surface area is 202 Å². The Morgan fingerprint density at radius 3 is 2.28 bits per heavy atom. The molecule has 10 heteroatoms. The first-order valence-corrected chi connectivity index (χ1v) is 11.2. The second-order valence-corrected chi connectivity index (χ2v) is 9.94. The number of nitrogens with zero attached hydrogens (tertiary/aromatic N) is 1. The van der Waals surface area contributed by atoms with Gasteiger partial charge in [-0.15, -0.1) is 0 Å². The predicted molar refractivity (Wildman–Crippen MR) is 126 cm³/mol. The maximum atomic E-state index is 14.7. The van der Waals surface area contributed by atoms with Crippen LogP contribution in [0.25, 0.3) is 0 Å². The Morgan fingerprint density at radius 2 is 1.81 bits per heavy atom. The van der Waals surface area contributed by atoms with Crippen molar-refractivity contribution in [3.8, 4) is 5.75 Å². The number of esters is 1. The smallest absolute Gasteiger partial charge is 0.408 e. The second kappa shape index (κ2) is 11.7. The van der Waals surface area contributed by atoms with Gasteiger partial charge in [0.15, 0.2) is 0 Å². The summed E-state index contributed by atoms with van der Waals surface area (Å²) in [5, 5.41) is 2.49. The number of methoxy groups -OCH3 is 1. The summed E-state index contributed by atoms with van der Waals surface area (Å²) in [5.74, 6) is -1.59. The van der Waals surface area contributed by atoms with Gasteiger partial charge in [0.25, 0.3) is 5.91 Å². The Balaban J connectivity index is 3.39. The first kappa shape index (κ1) is 27.9. The van der Waals surface area contributed by atoms with Crippen molar-refractivity contribution in [2.75, 3.05) is 27.8 Å². The number of nitrogens with one attached hydrogen (secondary N) is 1. The quantitative estimate of drug-likeness (QED) is 0.381. The highest BCUT2D eigenvalue weighted by atomic mass is 127. The Hall–Kier alpha value is -2.11. The van der Waals surface area contributed by atoms with Crippen LogP contribution in [0.3, 0.4) is 0 Å². The van der Waals surface area contributed by atoms with E-state index in [0.717, 1.165) is 0 Å². The topological polar surface area (TPSA) is 94.2 Å².